The number of nitrogens with zero attached hydrogens (tertiary/aromatic N) is 3. The molecule has 0 aliphatic heterocycles. The Bertz CT molecular complexity index is 354. The molecule has 0 saturated heterocycles. The molecule has 80 valence electrons. The van der Waals surface area contributed by atoms with Gasteiger partial charge in [0.15, 0.2) is 0 Å². The fraction of sp³-hybridized carbons (Fsp3) is 0.500. The highest BCUT2D eigenvalue weighted by molar-refractivity contribution is 5.40. The summed E-state index contributed by atoms with van der Waals surface area (Å²) in [6.45, 7) is 7.67. The van der Waals surface area contributed by atoms with Gasteiger partial charge in [-0.2, -0.15) is 5.26 Å². The Balaban J connectivity index is 2.79. The lowest BCUT2D eigenvalue weighted by molar-refractivity contribution is 0.679. The third kappa shape index (κ3) is 3.25. The maximum absolute atomic E-state index is 8.78. The van der Waals surface area contributed by atoms with E-state index in [0.29, 0.717) is 0 Å². The van der Waals surface area contributed by atoms with Gasteiger partial charge in [-0.25, -0.2) is 4.98 Å². The Morgan fingerprint density at radius 3 is 2.87 bits per heavy atom. The van der Waals surface area contributed by atoms with Gasteiger partial charge in [-0.15, -0.1) is 0 Å². The summed E-state index contributed by atoms with van der Waals surface area (Å²) in [5, 5.41) is 8.78. The van der Waals surface area contributed by atoms with Crippen LogP contribution in [0.3, 0.4) is 0 Å². The lowest BCUT2D eigenvalue weighted by atomic mass is 10.2. The molecule has 0 N–H and O–H groups in total. The monoisotopic (exact) mass is 203 g/mol. The molecule has 1 aromatic rings. The first-order chi connectivity index (χ1) is 7.17. The summed E-state index contributed by atoms with van der Waals surface area (Å²) >= 11 is 0. The fourth-order valence-electron chi connectivity index (χ4n) is 1.45. The van der Waals surface area contributed by atoms with Gasteiger partial charge in [0, 0.05) is 19.3 Å². The van der Waals surface area contributed by atoms with E-state index in [2.05, 4.69) is 22.9 Å². The van der Waals surface area contributed by atoms with Crippen LogP contribution in [0.5, 0.6) is 0 Å². The standard InChI is InChI=1S/C12H17N3/c1-4-15(9-11(3)8-13)12-7-10(2)5-6-14-12/h5-7,11H,4,9H2,1-3H3. The Hall–Kier alpha value is -1.56. The molecule has 1 unspecified atom stereocenters. The number of hydrogen-bond donors (Lipinski definition) is 0. The molecular formula is C12H17N3. The number of hydrogen-bond acceptors (Lipinski definition) is 3. The molecule has 0 aromatic carbocycles. The van der Waals surface area contributed by atoms with E-state index in [9.17, 15) is 0 Å². The van der Waals surface area contributed by atoms with Crippen LogP contribution in [0.2, 0.25) is 0 Å². The average Bonchev–Trinajstić information content (AvgIpc) is 2.25. The summed E-state index contributed by atoms with van der Waals surface area (Å²) in [6, 6.07) is 6.27. The molecule has 15 heavy (non-hydrogen) atoms. The van der Waals surface area contributed by atoms with Crippen LogP contribution in [0.1, 0.15) is 19.4 Å². The molecule has 1 heterocycles. The molecule has 0 aliphatic rings. The highest BCUT2D eigenvalue weighted by Crippen LogP contribution is 2.13. The van der Waals surface area contributed by atoms with Crippen molar-refractivity contribution in [2.45, 2.75) is 20.8 Å². The van der Waals surface area contributed by atoms with E-state index in [1.807, 2.05) is 32.2 Å². The second kappa shape index (κ2) is 5.35. The topological polar surface area (TPSA) is 39.9 Å². The van der Waals surface area contributed by atoms with Crippen molar-refractivity contribution in [1.82, 2.24) is 4.98 Å². The lowest BCUT2D eigenvalue weighted by Crippen LogP contribution is -2.28. The van der Waals surface area contributed by atoms with Crippen molar-refractivity contribution >= 4 is 5.82 Å². The number of aromatic nitrogens is 1. The molecule has 0 fully saturated rings. The molecule has 1 atom stereocenters. The Kier molecular flexibility index (Phi) is 4.11. The largest absolute Gasteiger partial charge is 0.356 e. The highest BCUT2D eigenvalue weighted by Gasteiger charge is 2.09. The number of rotatable bonds is 4. The number of nitriles is 1. The van der Waals surface area contributed by atoms with E-state index >= 15 is 0 Å². The van der Waals surface area contributed by atoms with Gasteiger partial charge in [0.1, 0.15) is 5.82 Å². The molecule has 1 rings (SSSR count). The zero-order valence-corrected chi connectivity index (χ0v) is 9.57. The van der Waals surface area contributed by atoms with Crippen molar-refractivity contribution in [3.63, 3.8) is 0 Å². The van der Waals surface area contributed by atoms with E-state index in [1.165, 1.54) is 5.56 Å². The second-order valence-corrected chi connectivity index (χ2v) is 3.76. The first kappa shape index (κ1) is 11.5. The first-order valence-corrected chi connectivity index (χ1v) is 5.24. The van der Waals surface area contributed by atoms with Crippen LogP contribution in [0, 0.1) is 24.2 Å². The molecule has 0 saturated carbocycles. The lowest BCUT2D eigenvalue weighted by Gasteiger charge is -2.23. The van der Waals surface area contributed by atoms with E-state index in [4.69, 9.17) is 5.26 Å². The average molecular weight is 203 g/mol. The van der Waals surface area contributed by atoms with Gasteiger partial charge in [0.05, 0.1) is 12.0 Å². The fourth-order valence-corrected chi connectivity index (χ4v) is 1.45. The molecule has 3 nitrogen and oxygen atoms in total. The Morgan fingerprint density at radius 1 is 1.60 bits per heavy atom. The van der Waals surface area contributed by atoms with Crippen LogP contribution in [0.15, 0.2) is 18.3 Å². The van der Waals surface area contributed by atoms with Crippen molar-refractivity contribution in [3.05, 3.63) is 23.9 Å². The zero-order valence-electron chi connectivity index (χ0n) is 9.57. The van der Waals surface area contributed by atoms with Crippen LogP contribution >= 0.6 is 0 Å². The van der Waals surface area contributed by atoms with E-state index in [0.717, 1.165) is 18.9 Å². The van der Waals surface area contributed by atoms with Crippen LogP contribution < -0.4 is 4.90 Å². The molecule has 0 bridgehead atoms. The van der Waals surface area contributed by atoms with E-state index in [-0.39, 0.29) is 5.92 Å². The van der Waals surface area contributed by atoms with Crippen molar-refractivity contribution in [2.24, 2.45) is 5.92 Å². The number of anilines is 1. The van der Waals surface area contributed by atoms with Crippen LogP contribution in [0.4, 0.5) is 5.82 Å². The summed E-state index contributed by atoms with van der Waals surface area (Å²) in [6.07, 6.45) is 1.81. The second-order valence-electron chi connectivity index (χ2n) is 3.76. The summed E-state index contributed by atoms with van der Waals surface area (Å²) in [7, 11) is 0. The zero-order chi connectivity index (χ0) is 11.3. The molecule has 1 aromatic heterocycles. The van der Waals surface area contributed by atoms with Gasteiger partial charge in [0.25, 0.3) is 0 Å². The van der Waals surface area contributed by atoms with Gasteiger partial charge in [0.2, 0.25) is 0 Å². The summed E-state index contributed by atoms with van der Waals surface area (Å²) in [5.74, 6) is 0.992. The van der Waals surface area contributed by atoms with Gasteiger partial charge < -0.3 is 4.90 Å². The number of aryl methyl sites for hydroxylation is 1. The minimum Gasteiger partial charge on any atom is -0.356 e. The van der Waals surface area contributed by atoms with Crippen LogP contribution in [-0.4, -0.2) is 18.1 Å². The summed E-state index contributed by atoms with van der Waals surface area (Å²) in [5.41, 5.74) is 1.20. The SMILES string of the molecule is CCN(CC(C)C#N)c1cc(C)ccn1. The molecular weight excluding hydrogens is 186 g/mol. The van der Waals surface area contributed by atoms with Gasteiger partial charge in [-0.1, -0.05) is 0 Å². The minimum absolute atomic E-state index is 0.0345. The maximum atomic E-state index is 8.78. The predicted molar refractivity (Wildman–Crippen MR) is 61.6 cm³/mol. The summed E-state index contributed by atoms with van der Waals surface area (Å²) < 4.78 is 0. The van der Waals surface area contributed by atoms with E-state index < -0.39 is 0 Å². The van der Waals surface area contributed by atoms with Crippen molar-refractivity contribution in [3.8, 4) is 6.07 Å². The van der Waals surface area contributed by atoms with Gasteiger partial charge in [-0.05, 0) is 38.5 Å². The first-order valence-electron chi connectivity index (χ1n) is 5.24. The van der Waals surface area contributed by atoms with Crippen molar-refractivity contribution in [1.29, 1.82) is 5.26 Å². The van der Waals surface area contributed by atoms with Crippen LogP contribution in [0.25, 0.3) is 0 Å². The number of pyridine rings is 1. The molecule has 0 spiro atoms. The predicted octanol–water partition coefficient (Wildman–Crippen LogP) is 2.38. The highest BCUT2D eigenvalue weighted by atomic mass is 15.2. The summed E-state index contributed by atoms with van der Waals surface area (Å²) in [4.78, 5) is 6.44. The molecule has 0 radical (unpaired) electrons. The third-order valence-electron chi connectivity index (χ3n) is 2.32. The smallest absolute Gasteiger partial charge is 0.128 e. The van der Waals surface area contributed by atoms with Gasteiger partial charge >= 0.3 is 0 Å². The molecule has 0 amide bonds. The Labute approximate surface area is 91.4 Å². The minimum atomic E-state index is 0.0345. The van der Waals surface area contributed by atoms with Crippen LogP contribution in [-0.2, 0) is 0 Å². The quantitative estimate of drug-likeness (QED) is 0.754. The third-order valence-corrected chi connectivity index (χ3v) is 2.32. The normalized spacial score (nSPS) is 11.9. The molecule has 3 heteroatoms. The Morgan fingerprint density at radius 2 is 2.33 bits per heavy atom. The van der Waals surface area contributed by atoms with E-state index in [1.54, 1.807) is 0 Å². The van der Waals surface area contributed by atoms with Crippen molar-refractivity contribution in [2.75, 3.05) is 18.0 Å². The molecule has 0 aliphatic carbocycles. The van der Waals surface area contributed by atoms with Gasteiger partial charge in [-0.3, -0.25) is 0 Å². The maximum Gasteiger partial charge on any atom is 0.128 e. The van der Waals surface area contributed by atoms with Crippen molar-refractivity contribution < 1.29 is 0 Å².